The van der Waals surface area contributed by atoms with Gasteiger partial charge in [-0.1, -0.05) is 23.7 Å². The van der Waals surface area contributed by atoms with Gasteiger partial charge in [-0.3, -0.25) is 4.79 Å². The van der Waals surface area contributed by atoms with Gasteiger partial charge >= 0.3 is 0 Å². The SMILES string of the molecule is O=C(c1ccco1)N1CCN(S(=O)(=O)C=Cc2ccc(Cl)cc2)CC1. The molecule has 1 aromatic heterocycles. The van der Waals surface area contributed by atoms with Gasteiger partial charge in [0.05, 0.1) is 6.26 Å². The lowest BCUT2D eigenvalue weighted by molar-refractivity contribution is 0.0666. The molecule has 2 aromatic rings. The molecule has 0 radical (unpaired) electrons. The second kappa shape index (κ2) is 7.43. The molecule has 25 heavy (non-hydrogen) atoms. The van der Waals surface area contributed by atoms with Crippen LogP contribution in [0.3, 0.4) is 0 Å². The fourth-order valence-electron chi connectivity index (χ4n) is 2.53. The predicted octanol–water partition coefficient (Wildman–Crippen LogP) is 2.69. The lowest BCUT2D eigenvalue weighted by atomic mass is 10.2. The number of carbonyl (C=O) groups excluding carboxylic acids is 1. The van der Waals surface area contributed by atoms with Crippen LogP contribution in [0.15, 0.2) is 52.5 Å². The van der Waals surface area contributed by atoms with Gasteiger partial charge in [0.1, 0.15) is 0 Å². The monoisotopic (exact) mass is 380 g/mol. The molecule has 3 rings (SSSR count). The zero-order chi connectivity index (χ0) is 17.9. The zero-order valence-electron chi connectivity index (χ0n) is 13.3. The number of carbonyl (C=O) groups is 1. The molecule has 0 bridgehead atoms. The van der Waals surface area contributed by atoms with E-state index >= 15 is 0 Å². The molecule has 1 amide bonds. The Morgan fingerprint density at radius 3 is 2.36 bits per heavy atom. The van der Waals surface area contributed by atoms with E-state index in [1.165, 1.54) is 22.1 Å². The third kappa shape index (κ3) is 4.31. The minimum atomic E-state index is -3.54. The second-order valence-electron chi connectivity index (χ2n) is 5.57. The molecule has 8 heteroatoms. The van der Waals surface area contributed by atoms with Gasteiger partial charge in [-0.05, 0) is 35.9 Å². The Morgan fingerprint density at radius 2 is 1.76 bits per heavy atom. The number of sulfonamides is 1. The van der Waals surface area contributed by atoms with Crippen LogP contribution in [0.2, 0.25) is 5.02 Å². The maximum atomic E-state index is 12.4. The molecule has 0 saturated carbocycles. The van der Waals surface area contributed by atoms with Gasteiger partial charge in [0, 0.05) is 36.6 Å². The summed E-state index contributed by atoms with van der Waals surface area (Å²) >= 11 is 5.81. The highest BCUT2D eigenvalue weighted by Crippen LogP contribution is 2.15. The van der Waals surface area contributed by atoms with Gasteiger partial charge < -0.3 is 9.32 Å². The van der Waals surface area contributed by atoms with E-state index in [-0.39, 0.29) is 24.8 Å². The fraction of sp³-hybridized carbons (Fsp3) is 0.235. The van der Waals surface area contributed by atoms with Crippen molar-refractivity contribution in [3.63, 3.8) is 0 Å². The van der Waals surface area contributed by atoms with Crippen molar-refractivity contribution in [2.45, 2.75) is 0 Å². The number of benzene rings is 1. The van der Waals surface area contributed by atoms with Gasteiger partial charge in [-0.2, -0.15) is 4.31 Å². The molecule has 2 heterocycles. The first-order valence-electron chi connectivity index (χ1n) is 7.72. The van der Waals surface area contributed by atoms with Crippen molar-refractivity contribution in [1.82, 2.24) is 9.21 Å². The third-order valence-electron chi connectivity index (χ3n) is 3.92. The summed E-state index contributed by atoms with van der Waals surface area (Å²) in [5, 5.41) is 1.78. The number of halogens is 1. The standard InChI is InChI=1S/C17H17ClN2O4S/c18-15-5-3-14(4-6-15)7-13-25(22,23)20-10-8-19(9-11-20)17(21)16-2-1-12-24-16/h1-7,12-13H,8-11H2. The Balaban J connectivity index is 1.61. The van der Waals surface area contributed by atoms with Crippen LogP contribution >= 0.6 is 11.6 Å². The van der Waals surface area contributed by atoms with E-state index < -0.39 is 10.0 Å². The summed E-state index contributed by atoms with van der Waals surface area (Å²) in [5.41, 5.74) is 0.750. The van der Waals surface area contributed by atoms with E-state index in [0.717, 1.165) is 5.56 Å². The summed E-state index contributed by atoms with van der Waals surface area (Å²) in [6.45, 7) is 1.15. The summed E-state index contributed by atoms with van der Waals surface area (Å²) in [6, 6.07) is 10.1. The minimum absolute atomic E-state index is 0.223. The average molecular weight is 381 g/mol. The van der Waals surface area contributed by atoms with E-state index in [0.29, 0.717) is 18.1 Å². The van der Waals surface area contributed by atoms with Crippen molar-refractivity contribution < 1.29 is 17.6 Å². The third-order valence-corrected chi connectivity index (χ3v) is 5.74. The minimum Gasteiger partial charge on any atom is -0.459 e. The normalized spacial score (nSPS) is 16.4. The lowest BCUT2D eigenvalue weighted by Crippen LogP contribution is -2.50. The van der Waals surface area contributed by atoms with E-state index in [4.69, 9.17) is 16.0 Å². The molecule has 1 saturated heterocycles. The Hall–Kier alpha value is -2.09. The summed E-state index contributed by atoms with van der Waals surface area (Å²) in [4.78, 5) is 13.8. The first kappa shape index (κ1) is 17.7. The number of amides is 1. The van der Waals surface area contributed by atoms with Gasteiger partial charge in [-0.25, -0.2) is 8.42 Å². The highest BCUT2D eigenvalue weighted by Gasteiger charge is 2.28. The van der Waals surface area contributed by atoms with Gasteiger partial charge in [0.2, 0.25) is 10.0 Å². The summed E-state index contributed by atoms with van der Waals surface area (Å²) in [7, 11) is -3.54. The first-order chi connectivity index (χ1) is 12.0. The lowest BCUT2D eigenvalue weighted by Gasteiger charge is -2.32. The van der Waals surface area contributed by atoms with Crippen LogP contribution in [-0.2, 0) is 10.0 Å². The molecule has 0 unspecified atom stereocenters. The van der Waals surface area contributed by atoms with Gasteiger partial charge in [0.25, 0.3) is 5.91 Å². The topological polar surface area (TPSA) is 70.8 Å². The number of rotatable bonds is 4. The van der Waals surface area contributed by atoms with Crippen LogP contribution in [0.5, 0.6) is 0 Å². The molecule has 0 spiro atoms. The fourth-order valence-corrected chi connectivity index (χ4v) is 3.83. The molecule has 0 aliphatic carbocycles. The quantitative estimate of drug-likeness (QED) is 0.817. The Labute approximate surface area is 151 Å². The van der Waals surface area contributed by atoms with Crippen molar-refractivity contribution in [1.29, 1.82) is 0 Å². The highest BCUT2D eigenvalue weighted by molar-refractivity contribution is 7.92. The molecule has 0 atom stereocenters. The zero-order valence-corrected chi connectivity index (χ0v) is 14.9. The maximum Gasteiger partial charge on any atom is 0.289 e. The van der Waals surface area contributed by atoms with Crippen LogP contribution in [0.4, 0.5) is 0 Å². The highest BCUT2D eigenvalue weighted by atomic mass is 35.5. The van der Waals surface area contributed by atoms with Gasteiger partial charge in [-0.15, -0.1) is 0 Å². The van der Waals surface area contributed by atoms with Crippen molar-refractivity contribution in [3.8, 4) is 0 Å². The molecule has 1 aromatic carbocycles. The molecule has 1 aliphatic rings. The average Bonchev–Trinajstić information content (AvgIpc) is 3.15. The summed E-state index contributed by atoms with van der Waals surface area (Å²) in [5.74, 6) is 0.0395. The molecule has 0 N–H and O–H groups in total. The summed E-state index contributed by atoms with van der Waals surface area (Å²) < 4.78 is 31.3. The molecule has 1 aliphatic heterocycles. The Bertz CT molecular complexity index is 853. The number of nitrogens with zero attached hydrogens (tertiary/aromatic N) is 2. The van der Waals surface area contributed by atoms with E-state index in [1.54, 1.807) is 41.3 Å². The van der Waals surface area contributed by atoms with Crippen LogP contribution in [-0.4, -0.2) is 49.7 Å². The number of hydrogen-bond donors (Lipinski definition) is 0. The van der Waals surface area contributed by atoms with Gasteiger partial charge in [0.15, 0.2) is 5.76 Å². The molecule has 6 nitrogen and oxygen atoms in total. The van der Waals surface area contributed by atoms with E-state index in [1.807, 2.05) is 0 Å². The Kier molecular flexibility index (Phi) is 5.27. The van der Waals surface area contributed by atoms with Crippen LogP contribution in [0.25, 0.3) is 6.08 Å². The Morgan fingerprint density at radius 1 is 1.08 bits per heavy atom. The van der Waals surface area contributed by atoms with Crippen molar-refractivity contribution in [2.24, 2.45) is 0 Å². The number of piperazine rings is 1. The predicted molar refractivity (Wildman–Crippen MR) is 95.6 cm³/mol. The molecule has 1 fully saturated rings. The maximum absolute atomic E-state index is 12.4. The van der Waals surface area contributed by atoms with Crippen molar-refractivity contribution >= 4 is 33.6 Å². The number of furan rings is 1. The largest absolute Gasteiger partial charge is 0.459 e. The van der Waals surface area contributed by atoms with E-state index in [2.05, 4.69) is 0 Å². The van der Waals surface area contributed by atoms with Crippen LogP contribution < -0.4 is 0 Å². The summed E-state index contributed by atoms with van der Waals surface area (Å²) in [6.07, 6.45) is 2.97. The number of hydrogen-bond acceptors (Lipinski definition) is 4. The first-order valence-corrected chi connectivity index (χ1v) is 9.60. The van der Waals surface area contributed by atoms with Crippen LogP contribution in [0.1, 0.15) is 16.1 Å². The van der Waals surface area contributed by atoms with Crippen molar-refractivity contribution in [3.05, 3.63) is 64.4 Å². The molecule has 132 valence electrons. The second-order valence-corrected chi connectivity index (χ2v) is 7.82. The smallest absolute Gasteiger partial charge is 0.289 e. The van der Waals surface area contributed by atoms with Crippen molar-refractivity contribution in [2.75, 3.05) is 26.2 Å². The molecular weight excluding hydrogens is 364 g/mol. The van der Waals surface area contributed by atoms with Crippen LogP contribution in [0, 0.1) is 0 Å². The molecular formula is C17H17ClN2O4S. The van der Waals surface area contributed by atoms with E-state index in [9.17, 15) is 13.2 Å².